The standard InChI is InChI=1S/C14H20N2O3/c1-12(17)15-9-10-16-14(18)8-5-11-19-13-6-3-2-4-7-13/h2-4,6-7H,5,8-11H2,1H3,(H,15,17)(H,16,18). The number of ether oxygens (including phenoxy) is 1. The summed E-state index contributed by atoms with van der Waals surface area (Å²) < 4.78 is 5.48. The number of hydrogen-bond donors (Lipinski definition) is 2. The van der Waals surface area contributed by atoms with E-state index in [1.54, 1.807) is 0 Å². The lowest BCUT2D eigenvalue weighted by molar-refractivity contribution is -0.122. The average molecular weight is 264 g/mol. The molecule has 0 heterocycles. The molecule has 0 radical (unpaired) electrons. The zero-order valence-electron chi connectivity index (χ0n) is 11.1. The highest BCUT2D eigenvalue weighted by Crippen LogP contribution is 2.08. The molecule has 0 atom stereocenters. The van der Waals surface area contributed by atoms with E-state index in [9.17, 15) is 9.59 Å². The summed E-state index contributed by atoms with van der Waals surface area (Å²) in [5.41, 5.74) is 0. The first-order valence-corrected chi connectivity index (χ1v) is 6.37. The molecule has 2 amide bonds. The summed E-state index contributed by atoms with van der Waals surface area (Å²) in [4.78, 5) is 22.0. The molecule has 0 unspecified atom stereocenters. The van der Waals surface area contributed by atoms with E-state index in [1.807, 2.05) is 30.3 Å². The molecule has 0 fully saturated rings. The first-order valence-electron chi connectivity index (χ1n) is 6.37. The molecule has 5 heteroatoms. The maximum absolute atomic E-state index is 11.4. The number of nitrogens with one attached hydrogen (secondary N) is 2. The lowest BCUT2D eigenvalue weighted by Crippen LogP contribution is -2.33. The van der Waals surface area contributed by atoms with Crippen molar-refractivity contribution in [2.24, 2.45) is 0 Å². The summed E-state index contributed by atoms with van der Waals surface area (Å²) in [5, 5.41) is 5.34. The summed E-state index contributed by atoms with van der Waals surface area (Å²) in [6, 6.07) is 9.50. The van der Waals surface area contributed by atoms with Crippen LogP contribution in [-0.4, -0.2) is 31.5 Å². The first-order chi connectivity index (χ1) is 9.18. The number of amides is 2. The van der Waals surface area contributed by atoms with E-state index >= 15 is 0 Å². The second kappa shape index (κ2) is 8.97. The number of benzene rings is 1. The van der Waals surface area contributed by atoms with Crippen molar-refractivity contribution in [2.45, 2.75) is 19.8 Å². The van der Waals surface area contributed by atoms with Gasteiger partial charge in [-0.25, -0.2) is 0 Å². The van der Waals surface area contributed by atoms with E-state index in [0.717, 1.165) is 5.75 Å². The summed E-state index contributed by atoms with van der Waals surface area (Å²) in [6.45, 7) is 2.88. The fourth-order valence-electron chi connectivity index (χ4n) is 1.47. The number of hydrogen-bond acceptors (Lipinski definition) is 3. The van der Waals surface area contributed by atoms with Crippen molar-refractivity contribution >= 4 is 11.8 Å². The van der Waals surface area contributed by atoms with Crippen molar-refractivity contribution in [3.8, 4) is 5.75 Å². The van der Waals surface area contributed by atoms with Crippen LogP contribution in [-0.2, 0) is 9.59 Å². The Kier molecular flexibility index (Phi) is 7.09. The van der Waals surface area contributed by atoms with E-state index in [4.69, 9.17) is 4.74 Å². The predicted molar refractivity (Wildman–Crippen MR) is 72.9 cm³/mol. The van der Waals surface area contributed by atoms with Crippen LogP contribution in [0.15, 0.2) is 30.3 Å². The second-order valence-electron chi connectivity index (χ2n) is 4.10. The molecule has 0 bridgehead atoms. The normalized spacial score (nSPS) is 9.74. The van der Waals surface area contributed by atoms with Crippen LogP contribution >= 0.6 is 0 Å². The molecule has 1 rings (SSSR count). The van der Waals surface area contributed by atoms with Gasteiger partial charge < -0.3 is 15.4 Å². The first kappa shape index (κ1) is 15.0. The number of carbonyl (C=O) groups excluding carboxylic acids is 2. The summed E-state index contributed by atoms with van der Waals surface area (Å²) >= 11 is 0. The van der Waals surface area contributed by atoms with E-state index in [-0.39, 0.29) is 11.8 Å². The van der Waals surface area contributed by atoms with Crippen LogP contribution in [0.1, 0.15) is 19.8 Å². The van der Waals surface area contributed by atoms with Crippen molar-refractivity contribution in [3.63, 3.8) is 0 Å². The number of para-hydroxylation sites is 1. The van der Waals surface area contributed by atoms with Gasteiger partial charge in [0, 0.05) is 26.4 Å². The van der Waals surface area contributed by atoms with Crippen LogP contribution in [0.3, 0.4) is 0 Å². The molecule has 104 valence electrons. The van der Waals surface area contributed by atoms with E-state index in [0.29, 0.717) is 32.5 Å². The lowest BCUT2D eigenvalue weighted by Gasteiger charge is -2.07. The Bertz CT molecular complexity index is 393. The van der Waals surface area contributed by atoms with Gasteiger partial charge in [-0.05, 0) is 18.6 Å². The van der Waals surface area contributed by atoms with Crippen LogP contribution in [0.25, 0.3) is 0 Å². The Morgan fingerprint density at radius 2 is 1.79 bits per heavy atom. The van der Waals surface area contributed by atoms with Gasteiger partial charge in [0.05, 0.1) is 6.61 Å². The molecule has 0 saturated heterocycles. The van der Waals surface area contributed by atoms with Gasteiger partial charge in [0.15, 0.2) is 0 Å². The second-order valence-corrected chi connectivity index (χ2v) is 4.10. The molecule has 5 nitrogen and oxygen atoms in total. The highest BCUT2D eigenvalue weighted by molar-refractivity contribution is 5.76. The zero-order valence-corrected chi connectivity index (χ0v) is 11.1. The minimum atomic E-state index is -0.0921. The molecule has 1 aromatic carbocycles. The molecule has 0 saturated carbocycles. The van der Waals surface area contributed by atoms with Crippen molar-refractivity contribution in [1.82, 2.24) is 10.6 Å². The van der Waals surface area contributed by atoms with E-state index < -0.39 is 0 Å². The van der Waals surface area contributed by atoms with Gasteiger partial charge in [0.25, 0.3) is 0 Å². The summed E-state index contributed by atoms with van der Waals surface area (Å²) in [7, 11) is 0. The van der Waals surface area contributed by atoms with Gasteiger partial charge in [0.2, 0.25) is 11.8 Å². The van der Waals surface area contributed by atoms with Crippen molar-refractivity contribution in [3.05, 3.63) is 30.3 Å². The maximum Gasteiger partial charge on any atom is 0.220 e. The van der Waals surface area contributed by atoms with Crippen molar-refractivity contribution in [2.75, 3.05) is 19.7 Å². The minimum absolute atomic E-state index is 0.0259. The van der Waals surface area contributed by atoms with Gasteiger partial charge in [0.1, 0.15) is 5.75 Å². The monoisotopic (exact) mass is 264 g/mol. The Morgan fingerprint density at radius 3 is 2.47 bits per heavy atom. The van der Waals surface area contributed by atoms with Crippen LogP contribution in [0.2, 0.25) is 0 Å². The summed E-state index contributed by atoms with van der Waals surface area (Å²) in [5.74, 6) is 0.695. The third kappa shape index (κ3) is 7.81. The highest BCUT2D eigenvalue weighted by atomic mass is 16.5. The molecule has 1 aromatic rings. The third-order valence-corrected chi connectivity index (χ3v) is 2.38. The number of carbonyl (C=O) groups is 2. The van der Waals surface area contributed by atoms with Gasteiger partial charge in [-0.3, -0.25) is 9.59 Å². The number of rotatable bonds is 8. The fourth-order valence-corrected chi connectivity index (χ4v) is 1.47. The Labute approximate surface area is 113 Å². The third-order valence-electron chi connectivity index (χ3n) is 2.38. The largest absolute Gasteiger partial charge is 0.494 e. The zero-order chi connectivity index (χ0) is 13.9. The predicted octanol–water partition coefficient (Wildman–Crippen LogP) is 1.10. The molecule has 0 aromatic heterocycles. The van der Waals surface area contributed by atoms with Crippen LogP contribution in [0.5, 0.6) is 5.75 Å². The van der Waals surface area contributed by atoms with Gasteiger partial charge in [-0.15, -0.1) is 0 Å². The van der Waals surface area contributed by atoms with Crippen molar-refractivity contribution < 1.29 is 14.3 Å². The Hall–Kier alpha value is -2.04. The van der Waals surface area contributed by atoms with Crippen LogP contribution < -0.4 is 15.4 Å². The molecule has 0 aliphatic rings. The minimum Gasteiger partial charge on any atom is -0.494 e. The maximum atomic E-state index is 11.4. The van der Waals surface area contributed by atoms with Crippen LogP contribution in [0, 0.1) is 0 Å². The highest BCUT2D eigenvalue weighted by Gasteiger charge is 2.01. The van der Waals surface area contributed by atoms with Gasteiger partial charge >= 0.3 is 0 Å². The van der Waals surface area contributed by atoms with E-state index in [1.165, 1.54) is 6.92 Å². The topological polar surface area (TPSA) is 67.4 Å². The SMILES string of the molecule is CC(=O)NCCNC(=O)CCCOc1ccccc1. The average Bonchev–Trinajstić information content (AvgIpc) is 2.41. The smallest absolute Gasteiger partial charge is 0.220 e. The Morgan fingerprint density at radius 1 is 1.11 bits per heavy atom. The molecule has 0 aliphatic heterocycles. The van der Waals surface area contributed by atoms with E-state index in [2.05, 4.69) is 10.6 Å². The quantitative estimate of drug-likeness (QED) is 0.691. The molecule has 19 heavy (non-hydrogen) atoms. The summed E-state index contributed by atoms with van der Waals surface area (Å²) in [6.07, 6.45) is 1.09. The lowest BCUT2D eigenvalue weighted by atomic mass is 10.3. The molecule has 2 N–H and O–H groups in total. The van der Waals surface area contributed by atoms with Crippen LogP contribution in [0.4, 0.5) is 0 Å². The molecular formula is C14H20N2O3. The molecular weight excluding hydrogens is 244 g/mol. The molecule has 0 spiro atoms. The fraction of sp³-hybridized carbons (Fsp3) is 0.429. The Balaban J connectivity index is 2.00. The van der Waals surface area contributed by atoms with Gasteiger partial charge in [-0.2, -0.15) is 0 Å². The molecule has 0 aliphatic carbocycles. The van der Waals surface area contributed by atoms with Gasteiger partial charge in [-0.1, -0.05) is 18.2 Å². The van der Waals surface area contributed by atoms with Crippen molar-refractivity contribution in [1.29, 1.82) is 0 Å².